The van der Waals surface area contributed by atoms with Crippen LogP contribution in [0.1, 0.15) is 16.7 Å². The molecule has 0 aliphatic heterocycles. The Morgan fingerprint density at radius 3 is 2.13 bits per heavy atom. The molecule has 0 saturated heterocycles. The number of nitrogens with zero attached hydrogens (tertiary/aromatic N) is 3. The number of benzene rings is 7. The topological polar surface area (TPSA) is 74.6 Å². The smallest absolute Gasteiger partial charge is 0.161 e. The predicted octanol–water partition coefficient (Wildman–Crippen LogP) is 12.8. The molecule has 7 heteroatoms. The van der Waals surface area contributed by atoms with Gasteiger partial charge in [-0.1, -0.05) is 127 Å². The van der Waals surface area contributed by atoms with Crippen molar-refractivity contribution < 1.29 is 4.42 Å². The molecule has 1 N–H and O–H groups in total. The van der Waals surface area contributed by atoms with Gasteiger partial charge in [0.2, 0.25) is 0 Å². The number of thiazole rings is 1. The summed E-state index contributed by atoms with van der Waals surface area (Å²) < 4.78 is 10.1. The SMILES string of the molecule is N=C(/N=C(\N=C\c1cccc2oc3cccc(-c4nc5ccccc5s4)c3c12)c1ccccc1)c1ccc(-c2cccc3c2sc2ccccc23)cc1. The number of hydrogen-bond donors (Lipinski definition) is 1. The van der Waals surface area contributed by atoms with Gasteiger partial charge in [0.15, 0.2) is 11.7 Å². The van der Waals surface area contributed by atoms with Crippen LogP contribution >= 0.6 is 22.7 Å². The van der Waals surface area contributed by atoms with Crippen molar-refractivity contribution in [3.8, 4) is 21.7 Å². The molecule has 0 aliphatic carbocycles. The van der Waals surface area contributed by atoms with Gasteiger partial charge in [-0.05, 0) is 41.5 Å². The van der Waals surface area contributed by atoms with Crippen molar-refractivity contribution >= 4 is 92.9 Å². The molecule has 10 aromatic rings. The van der Waals surface area contributed by atoms with Crippen LogP contribution in [0.5, 0.6) is 0 Å². The highest BCUT2D eigenvalue weighted by molar-refractivity contribution is 7.26. The number of fused-ring (bicyclic) bond motifs is 7. The molecule has 3 heterocycles. The van der Waals surface area contributed by atoms with Crippen LogP contribution in [0.25, 0.3) is 74.0 Å². The summed E-state index contributed by atoms with van der Waals surface area (Å²) in [7, 11) is 0. The van der Waals surface area contributed by atoms with E-state index in [4.69, 9.17) is 24.8 Å². The first-order valence-electron chi connectivity index (χ1n) is 17.3. The van der Waals surface area contributed by atoms with Crippen LogP contribution in [0.3, 0.4) is 0 Å². The molecule has 53 heavy (non-hydrogen) atoms. The van der Waals surface area contributed by atoms with E-state index in [1.54, 1.807) is 11.3 Å². The van der Waals surface area contributed by atoms with Crippen molar-refractivity contribution in [3.05, 3.63) is 174 Å². The lowest BCUT2D eigenvalue weighted by Crippen LogP contribution is -2.04. The van der Waals surface area contributed by atoms with E-state index in [2.05, 4.69) is 66.7 Å². The number of hydrogen-bond acceptors (Lipinski definition) is 5. The largest absolute Gasteiger partial charge is 0.456 e. The van der Waals surface area contributed by atoms with Gasteiger partial charge < -0.3 is 4.42 Å². The van der Waals surface area contributed by atoms with E-state index in [9.17, 15) is 0 Å². The number of furan rings is 1. The summed E-state index contributed by atoms with van der Waals surface area (Å²) in [5.74, 6) is 0.587. The first-order chi connectivity index (χ1) is 26.2. The number of nitrogens with one attached hydrogen (secondary N) is 1. The van der Waals surface area contributed by atoms with Crippen molar-refractivity contribution in [2.45, 2.75) is 0 Å². The monoisotopic (exact) mass is 716 g/mol. The second-order valence-electron chi connectivity index (χ2n) is 12.8. The van der Waals surface area contributed by atoms with Crippen molar-refractivity contribution in [1.29, 1.82) is 5.41 Å². The Balaban J connectivity index is 1.03. The highest BCUT2D eigenvalue weighted by Gasteiger charge is 2.18. The molecule has 0 amide bonds. The summed E-state index contributed by atoms with van der Waals surface area (Å²) in [6.07, 6.45) is 1.83. The third-order valence-corrected chi connectivity index (χ3v) is 11.8. The molecule has 250 valence electrons. The average molecular weight is 717 g/mol. The van der Waals surface area contributed by atoms with Crippen molar-refractivity contribution in [2.75, 3.05) is 0 Å². The third-order valence-electron chi connectivity index (χ3n) is 9.53. The summed E-state index contributed by atoms with van der Waals surface area (Å²) in [5, 5.41) is 14.5. The van der Waals surface area contributed by atoms with Crippen LogP contribution in [-0.2, 0) is 0 Å². The third kappa shape index (κ3) is 5.54. The number of amidine groups is 2. The minimum Gasteiger partial charge on any atom is -0.456 e. The zero-order chi connectivity index (χ0) is 35.3. The Morgan fingerprint density at radius 1 is 0.585 bits per heavy atom. The number of thiophene rings is 1. The molecule has 0 bridgehead atoms. The predicted molar refractivity (Wildman–Crippen MR) is 225 cm³/mol. The molecular weight excluding hydrogens is 689 g/mol. The maximum atomic E-state index is 9.08. The fourth-order valence-corrected chi connectivity index (χ4v) is 9.24. The van der Waals surface area contributed by atoms with Crippen molar-refractivity contribution in [3.63, 3.8) is 0 Å². The van der Waals surface area contributed by atoms with E-state index in [1.807, 2.05) is 109 Å². The average Bonchev–Trinajstić information content (AvgIpc) is 3.93. The first-order valence-corrected chi connectivity index (χ1v) is 18.9. The quantitative estimate of drug-likeness (QED) is 0.142. The number of aromatic nitrogens is 1. The summed E-state index contributed by atoms with van der Waals surface area (Å²) in [6, 6.07) is 53.3. The number of rotatable bonds is 5. The Labute approximate surface area is 312 Å². The zero-order valence-electron chi connectivity index (χ0n) is 28.2. The van der Waals surface area contributed by atoms with E-state index in [-0.39, 0.29) is 5.84 Å². The number of para-hydroxylation sites is 1. The maximum absolute atomic E-state index is 9.08. The molecule has 5 nitrogen and oxygen atoms in total. The van der Waals surface area contributed by atoms with Gasteiger partial charge in [0.1, 0.15) is 16.2 Å². The molecule has 0 unspecified atom stereocenters. The first kappa shape index (κ1) is 31.2. The fourth-order valence-electron chi connectivity index (χ4n) is 7.00. The second-order valence-corrected chi connectivity index (χ2v) is 14.8. The van der Waals surface area contributed by atoms with Crippen LogP contribution < -0.4 is 0 Å². The highest BCUT2D eigenvalue weighted by Crippen LogP contribution is 2.41. The molecule has 10 rings (SSSR count). The van der Waals surface area contributed by atoms with Gasteiger partial charge in [0, 0.05) is 59.4 Å². The second kappa shape index (κ2) is 12.9. The molecule has 0 atom stereocenters. The van der Waals surface area contributed by atoms with Crippen LogP contribution in [0.2, 0.25) is 0 Å². The lowest BCUT2D eigenvalue weighted by molar-refractivity contribution is 0.669. The minimum atomic E-state index is 0.137. The Hall–Kier alpha value is -6.54. The molecule has 3 aromatic heterocycles. The van der Waals surface area contributed by atoms with Gasteiger partial charge in [-0.15, -0.1) is 22.7 Å². The summed E-state index contributed by atoms with van der Waals surface area (Å²) >= 11 is 3.49. The molecular formula is C46H28N4OS2. The highest BCUT2D eigenvalue weighted by atomic mass is 32.1. The summed E-state index contributed by atoms with van der Waals surface area (Å²) in [5.41, 5.74) is 8.29. The van der Waals surface area contributed by atoms with Gasteiger partial charge in [-0.2, -0.15) is 0 Å². The van der Waals surface area contributed by atoms with Crippen LogP contribution in [0, 0.1) is 5.41 Å². The molecule has 0 saturated carbocycles. The molecule has 7 aromatic carbocycles. The van der Waals surface area contributed by atoms with Crippen LogP contribution in [-0.4, -0.2) is 22.9 Å². The lowest BCUT2D eigenvalue weighted by atomic mass is 10.0. The van der Waals surface area contributed by atoms with Gasteiger partial charge in [0.25, 0.3) is 0 Å². The molecule has 0 aliphatic rings. The molecule has 0 fully saturated rings. The Morgan fingerprint density at radius 2 is 1.28 bits per heavy atom. The maximum Gasteiger partial charge on any atom is 0.161 e. The van der Waals surface area contributed by atoms with Crippen LogP contribution in [0.4, 0.5) is 0 Å². The molecule has 0 spiro atoms. The summed E-state index contributed by atoms with van der Waals surface area (Å²) in [4.78, 5) is 14.7. The summed E-state index contributed by atoms with van der Waals surface area (Å²) in [6.45, 7) is 0. The van der Waals surface area contributed by atoms with E-state index >= 15 is 0 Å². The fraction of sp³-hybridized carbons (Fsp3) is 0. The van der Waals surface area contributed by atoms with Crippen molar-refractivity contribution in [1.82, 2.24) is 4.98 Å². The van der Waals surface area contributed by atoms with Gasteiger partial charge >= 0.3 is 0 Å². The van der Waals surface area contributed by atoms with E-state index in [0.29, 0.717) is 11.4 Å². The van der Waals surface area contributed by atoms with Crippen molar-refractivity contribution in [2.24, 2.45) is 9.98 Å². The Kier molecular flexibility index (Phi) is 7.60. The Bertz CT molecular complexity index is 3040. The van der Waals surface area contributed by atoms with Crippen LogP contribution in [0.15, 0.2) is 172 Å². The lowest BCUT2D eigenvalue weighted by Gasteiger charge is -2.07. The van der Waals surface area contributed by atoms with Gasteiger partial charge in [-0.3, -0.25) is 5.41 Å². The number of aliphatic imine (C=N–C) groups is 2. The van der Waals surface area contributed by atoms with Gasteiger partial charge in [0.05, 0.1) is 10.2 Å². The van der Waals surface area contributed by atoms with E-state index in [0.717, 1.165) is 59.4 Å². The standard InChI is InChI=1S/C46H28N4OS2/c47-44(29-25-23-28(24-26-29)32-15-9-16-34-33-14-4-6-21-39(33)52-43(32)34)50-45(30-11-2-1-3-12-30)48-27-31-13-8-19-37-41(31)42-35(17-10-20-38(42)51-37)46-49-36-18-5-7-22-40(36)53-46/h1-27,47H/b47-44?,48-27+,50-45-. The minimum absolute atomic E-state index is 0.137. The van der Waals surface area contributed by atoms with E-state index in [1.165, 1.54) is 25.7 Å². The molecule has 0 radical (unpaired) electrons. The normalized spacial score (nSPS) is 12.3. The zero-order valence-corrected chi connectivity index (χ0v) is 29.8. The van der Waals surface area contributed by atoms with E-state index < -0.39 is 0 Å². The van der Waals surface area contributed by atoms with Gasteiger partial charge in [-0.25, -0.2) is 15.0 Å².